The zero-order chi connectivity index (χ0) is 19.5. The number of ether oxygens (including phenoxy) is 1. The lowest BCUT2D eigenvalue weighted by Crippen LogP contribution is -2.27. The molecule has 1 aliphatic rings. The molecule has 0 N–H and O–H groups in total. The lowest BCUT2D eigenvalue weighted by Gasteiger charge is -2.14. The summed E-state index contributed by atoms with van der Waals surface area (Å²) in [5.74, 6) is 1.38. The zero-order valence-electron chi connectivity index (χ0n) is 15.2. The molecule has 5 heteroatoms. The molecule has 0 bridgehead atoms. The Morgan fingerprint density at radius 1 is 0.929 bits per heavy atom. The van der Waals surface area contributed by atoms with Gasteiger partial charge >= 0.3 is 0 Å². The van der Waals surface area contributed by atoms with Gasteiger partial charge in [0.1, 0.15) is 11.5 Å². The number of hydrogen-bond acceptors (Lipinski definition) is 4. The summed E-state index contributed by atoms with van der Waals surface area (Å²) in [6, 6.07) is 25.0. The molecule has 1 saturated heterocycles. The van der Waals surface area contributed by atoms with E-state index in [2.05, 4.69) is 0 Å². The second-order valence-electron chi connectivity index (χ2n) is 6.34. The second kappa shape index (κ2) is 8.00. The summed E-state index contributed by atoms with van der Waals surface area (Å²) in [5.41, 5.74) is 2.77. The van der Waals surface area contributed by atoms with E-state index in [4.69, 9.17) is 17.0 Å². The van der Waals surface area contributed by atoms with E-state index < -0.39 is 0 Å². The highest BCUT2D eigenvalue weighted by Crippen LogP contribution is 2.36. The van der Waals surface area contributed by atoms with E-state index in [9.17, 15) is 4.79 Å². The van der Waals surface area contributed by atoms with E-state index >= 15 is 0 Å². The van der Waals surface area contributed by atoms with Crippen LogP contribution in [-0.4, -0.2) is 10.2 Å². The van der Waals surface area contributed by atoms with Gasteiger partial charge in [0.2, 0.25) is 0 Å². The fraction of sp³-hybridized carbons (Fsp3) is 0.0435. The van der Waals surface area contributed by atoms with Gasteiger partial charge in [-0.2, -0.15) is 0 Å². The topological polar surface area (TPSA) is 29.5 Å². The molecule has 0 unspecified atom stereocenters. The first kappa shape index (κ1) is 18.5. The van der Waals surface area contributed by atoms with E-state index in [0.717, 1.165) is 22.6 Å². The highest BCUT2D eigenvalue weighted by atomic mass is 32.2. The van der Waals surface area contributed by atoms with Crippen LogP contribution in [0.1, 0.15) is 11.1 Å². The number of benzene rings is 3. The summed E-state index contributed by atoms with van der Waals surface area (Å²) in [7, 11) is 0. The maximum absolute atomic E-state index is 12.9. The molecule has 3 nitrogen and oxygen atoms in total. The number of thioether (sulfide) groups is 1. The lowest BCUT2D eigenvalue weighted by molar-refractivity contribution is -0.113. The summed E-state index contributed by atoms with van der Waals surface area (Å²) in [5, 5.41) is 0. The molecule has 0 atom stereocenters. The van der Waals surface area contributed by atoms with Crippen LogP contribution >= 0.6 is 24.0 Å². The van der Waals surface area contributed by atoms with Gasteiger partial charge in [-0.15, -0.1) is 0 Å². The van der Waals surface area contributed by atoms with Crippen LogP contribution in [0.25, 0.3) is 6.08 Å². The molecule has 28 heavy (non-hydrogen) atoms. The van der Waals surface area contributed by atoms with Crippen molar-refractivity contribution in [1.82, 2.24) is 0 Å². The maximum Gasteiger partial charge on any atom is 0.270 e. The Morgan fingerprint density at radius 3 is 2.46 bits per heavy atom. The maximum atomic E-state index is 12.9. The average molecular weight is 404 g/mol. The van der Waals surface area contributed by atoms with Crippen molar-refractivity contribution in [3.05, 3.63) is 94.9 Å². The minimum absolute atomic E-state index is 0.102. The minimum Gasteiger partial charge on any atom is -0.457 e. The van der Waals surface area contributed by atoms with Crippen molar-refractivity contribution < 1.29 is 9.53 Å². The molecule has 4 rings (SSSR count). The van der Waals surface area contributed by atoms with Crippen LogP contribution in [-0.2, 0) is 4.79 Å². The molecule has 1 heterocycles. The van der Waals surface area contributed by atoms with Gasteiger partial charge in [-0.25, -0.2) is 0 Å². The highest BCUT2D eigenvalue weighted by Gasteiger charge is 2.33. The number of amides is 1. The normalized spacial score (nSPS) is 15.3. The number of nitrogens with zero attached hydrogens (tertiary/aromatic N) is 1. The van der Waals surface area contributed by atoms with Crippen LogP contribution in [0.15, 0.2) is 83.8 Å². The van der Waals surface area contributed by atoms with Crippen molar-refractivity contribution in [1.29, 1.82) is 0 Å². The van der Waals surface area contributed by atoms with Gasteiger partial charge in [0.05, 0.1) is 10.6 Å². The molecule has 0 saturated carbocycles. The Balaban J connectivity index is 1.58. The number of hydrogen-bond donors (Lipinski definition) is 0. The molecule has 3 aromatic rings. The molecule has 3 aromatic carbocycles. The Morgan fingerprint density at radius 2 is 1.68 bits per heavy atom. The van der Waals surface area contributed by atoms with Crippen LogP contribution in [0.5, 0.6) is 11.5 Å². The lowest BCUT2D eigenvalue weighted by atomic mass is 10.2. The van der Waals surface area contributed by atoms with Gasteiger partial charge in [-0.05, 0) is 60.5 Å². The van der Waals surface area contributed by atoms with Crippen molar-refractivity contribution in [2.75, 3.05) is 4.90 Å². The molecular formula is C23H17NO2S2. The summed E-state index contributed by atoms with van der Waals surface area (Å²) in [6.45, 7) is 2.00. The first-order valence-electron chi connectivity index (χ1n) is 8.78. The number of carbonyl (C=O) groups is 1. The zero-order valence-corrected chi connectivity index (χ0v) is 16.8. The van der Waals surface area contributed by atoms with Crippen LogP contribution in [0.4, 0.5) is 5.69 Å². The van der Waals surface area contributed by atoms with Crippen LogP contribution in [0, 0.1) is 6.92 Å². The Bertz CT molecular complexity index is 1080. The van der Waals surface area contributed by atoms with E-state index in [1.54, 1.807) is 4.90 Å². The smallest absolute Gasteiger partial charge is 0.270 e. The van der Waals surface area contributed by atoms with Crippen molar-refractivity contribution in [3.63, 3.8) is 0 Å². The predicted octanol–water partition coefficient (Wildman–Crippen LogP) is 6.19. The van der Waals surface area contributed by atoms with E-state index in [0.29, 0.717) is 15.0 Å². The third-order valence-electron chi connectivity index (χ3n) is 4.19. The van der Waals surface area contributed by atoms with Crippen LogP contribution < -0.4 is 9.64 Å². The van der Waals surface area contributed by atoms with Crippen molar-refractivity contribution in [3.8, 4) is 11.5 Å². The monoisotopic (exact) mass is 403 g/mol. The first-order chi connectivity index (χ1) is 13.6. The Kier molecular flexibility index (Phi) is 5.28. The molecule has 138 valence electrons. The fourth-order valence-electron chi connectivity index (χ4n) is 2.90. The van der Waals surface area contributed by atoms with E-state index in [1.807, 2.05) is 91.9 Å². The van der Waals surface area contributed by atoms with Crippen molar-refractivity contribution in [2.45, 2.75) is 6.92 Å². The molecule has 0 aromatic heterocycles. The third kappa shape index (κ3) is 4.01. The molecule has 0 radical (unpaired) electrons. The Hall–Kier alpha value is -2.89. The number of rotatable bonds is 4. The summed E-state index contributed by atoms with van der Waals surface area (Å²) in [4.78, 5) is 15.1. The second-order valence-corrected chi connectivity index (χ2v) is 8.02. The standard InChI is InChI=1S/C23H17NO2S2/c1-16-7-5-9-18(13-16)24-22(25)21(28-23(24)27)15-17-8-6-12-20(14-17)26-19-10-3-2-4-11-19/h2-15H,1H3/b21-15-. The van der Waals surface area contributed by atoms with Gasteiger partial charge in [-0.1, -0.05) is 66.4 Å². The minimum atomic E-state index is -0.102. The number of thiocarbonyl (C=S) groups is 1. The van der Waals surface area contributed by atoms with Crippen LogP contribution in [0.2, 0.25) is 0 Å². The fourth-order valence-corrected chi connectivity index (χ4v) is 4.20. The number of aryl methyl sites for hydroxylation is 1. The Labute approximate surface area is 173 Å². The van der Waals surface area contributed by atoms with Gasteiger partial charge < -0.3 is 4.74 Å². The molecule has 1 fully saturated rings. The summed E-state index contributed by atoms with van der Waals surface area (Å²) < 4.78 is 6.42. The van der Waals surface area contributed by atoms with E-state index in [-0.39, 0.29) is 5.91 Å². The number of para-hydroxylation sites is 1. The molecular weight excluding hydrogens is 386 g/mol. The largest absolute Gasteiger partial charge is 0.457 e. The molecule has 1 amide bonds. The van der Waals surface area contributed by atoms with E-state index in [1.165, 1.54) is 11.8 Å². The predicted molar refractivity (Wildman–Crippen MR) is 120 cm³/mol. The summed E-state index contributed by atoms with van der Waals surface area (Å²) in [6.07, 6.45) is 1.85. The van der Waals surface area contributed by atoms with Crippen LogP contribution in [0.3, 0.4) is 0 Å². The van der Waals surface area contributed by atoms with Gasteiger partial charge in [0.25, 0.3) is 5.91 Å². The highest BCUT2D eigenvalue weighted by molar-refractivity contribution is 8.27. The quantitative estimate of drug-likeness (QED) is 0.383. The van der Waals surface area contributed by atoms with Crippen molar-refractivity contribution >= 4 is 46.0 Å². The molecule has 1 aliphatic heterocycles. The average Bonchev–Trinajstić information content (AvgIpc) is 2.96. The summed E-state index contributed by atoms with van der Waals surface area (Å²) >= 11 is 6.77. The number of carbonyl (C=O) groups excluding carboxylic acids is 1. The van der Waals surface area contributed by atoms with Gasteiger partial charge in [0.15, 0.2) is 4.32 Å². The third-order valence-corrected chi connectivity index (χ3v) is 5.49. The SMILES string of the molecule is Cc1cccc(N2C(=O)/C(=C/c3cccc(Oc4ccccc4)c3)SC2=S)c1. The first-order valence-corrected chi connectivity index (χ1v) is 10.0. The van der Waals surface area contributed by atoms with Gasteiger partial charge in [0, 0.05) is 0 Å². The van der Waals surface area contributed by atoms with Crippen molar-refractivity contribution in [2.24, 2.45) is 0 Å². The van der Waals surface area contributed by atoms with Gasteiger partial charge in [-0.3, -0.25) is 9.69 Å². The number of anilines is 1. The molecule has 0 spiro atoms. The molecule has 0 aliphatic carbocycles.